The maximum atomic E-state index is 13.5. The fourth-order valence-electron chi connectivity index (χ4n) is 4.26. The monoisotopic (exact) mass is 489 g/mol. The molecule has 2 aliphatic heterocycles. The third-order valence-electron chi connectivity index (χ3n) is 5.80. The molecule has 1 saturated heterocycles. The summed E-state index contributed by atoms with van der Waals surface area (Å²) in [6.45, 7) is 0. The SMILES string of the molecule is COc1ccc(C2C(C#N)=C(N)SC3C(=O)N(c4cccc(C(F)(F)F)c4)C(=O)C32)cc1OC. The normalized spacial score (nSPS) is 22.5. The fourth-order valence-corrected chi connectivity index (χ4v) is 5.46. The predicted octanol–water partition coefficient (Wildman–Crippen LogP) is 3.81. The Morgan fingerprint density at radius 3 is 2.38 bits per heavy atom. The lowest BCUT2D eigenvalue weighted by molar-refractivity contribution is -0.137. The second-order valence-corrected chi connectivity index (χ2v) is 8.79. The first kappa shape index (κ1) is 23.5. The third-order valence-corrected chi connectivity index (χ3v) is 7.03. The molecule has 0 aromatic heterocycles. The van der Waals surface area contributed by atoms with Crippen LogP contribution in [0, 0.1) is 17.2 Å². The van der Waals surface area contributed by atoms with E-state index in [4.69, 9.17) is 15.2 Å². The van der Waals surface area contributed by atoms with Crippen LogP contribution < -0.4 is 20.1 Å². The van der Waals surface area contributed by atoms with Crippen molar-refractivity contribution in [1.82, 2.24) is 0 Å². The zero-order valence-corrected chi connectivity index (χ0v) is 18.7. The molecule has 4 rings (SSSR count). The van der Waals surface area contributed by atoms with Crippen LogP contribution in [0.15, 0.2) is 53.1 Å². The standard InChI is InChI=1S/C23H18F3N3O4S/c1-32-15-7-6-11(8-16(15)33-2)17-14(10-27)20(28)34-19-18(17)21(30)29(22(19)31)13-5-3-4-12(9-13)23(24,25)26/h3-9,17-19H,28H2,1-2H3. The number of benzene rings is 2. The second-order valence-electron chi connectivity index (χ2n) is 7.61. The van der Waals surface area contributed by atoms with Crippen molar-refractivity contribution < 1.29 is 32.2 Å². The number of amides is 2. The van der Waals surface area contributed by atoms with Gasteiger partial charge < -0.3 is 15.2 Å². The number of halogens is 3. The molecule has 0 bridgehead atoms. The molecule has 2 aromatic carbocycles. The van der Waals surface area contributed by atoms with E-state index >= 15 is 0 Å². The lowest BCUT2D eigenvalue weighted by Crippen LogP contribution is -2.33. The molecule has 3 atom stereocenters. The van der Waals surface area contributed by atoms with Gasteiger partial charge in [-0.15, -0.1) is 0 Å². The summed E-state index contributed by atoms with van der Waals surface area (Å²) in [6.07, 6.45) is -4.65. The number of ether oxygens (including phenoxy) is 2. The minimum absolute atomic E-state index is 0.0792. The van der Waals surface area contributed by atoms with Crippen LogP contribution in [0.1, 0.15) is 17.0 Å². The summed E-state index contributed by atoms with van der Waals surface area (Å²) in [5.74, 6) is -2.58. The number of thioether (sulfide) groups is 1. The number of rotatable bonds is 4. The van der Waals surface area contributed by atoms with Gasteiger partial charge in [-0.2, -0.15) is 18.4 Å². The Bertz CT molecular complexity index is 1250. The number of imide groups is 1. The molecule has 3 unspecified atom stereocenters. The van der Waals surface area contributed by atoms with E-state index in [1.54, 1.807) is 18.2 Å². The summed E-state index contributed by atoms with van der Waals surface area (Å²) in [5.41, 5.74) is 5.52. The maximum Gasteiger partial charge on any atom is 0.416 e. The van der Waals surface area contributed by atoms with Gasteiger partial charge in [0.15, 0.2) is 11.5 Å². The maximum absolute atomic E-state index is 13.5. The molecule has 2 aromatic rings. The van der Waals surface area contributed by atoms with E-state index in [9.17, 15) is 28.0 Å². The summed E-state index contributed by atoms with van der Waals surface area (Å²) >= 11 is 0.870. The number of hydrogen-bond acceptors (Lipinski definition) is 7. The molecule has 2 heterocycles. The molecule has 0 radical (unpaired) electrons. The van der Waals surface area contributed by atoms with Crippen LogP contribution in [0.5, 0.6) is 11.5 Å². The average molecular weight is 489 g/mol. The smallest absolute Gasteiger partial charge is 0.416 e. The first-order valence-electron chi connectivity index (χ1n) is 9.95. The zero-order valence-electron chi connectivity index (χ0n) is 17.9. The Morgan fingerprint density at radius 2 is 1.76 bits per heavy atom. The molecule has 2 amide bonds. The van der Waals surface area contributed by atoms with Gasteiger partial charge >= 0.3 is 6.18 Å². The topological polar surface area (TPSA) is 106 Å². The number of nitrogens with zero attached hydrogens (tertiary/aromatic N) is 2. The van der Waals surface area contributed by atoms with Crippen molar-refractivity contribution in [2.45, 2.75) is 17.3 Å². The minimum Gasteiger partial charge on any atom is -0.493 e. The molecule has 2 aliphatic rings. The molecule has 7 nitrogen and oxygen atoms in total. The largest absolute Gasteiger partial charge is 0.493 e. The van der Waals surface area contributed by atoms with Crippen molar-refractivity contribution >= 4 is 29.3 Å². The molecular formula is C23H18F3N3O4S. The molecular weight excluding hydrogens is 471 g/mol. The van der Waals surface area contributed by atoms with Crippen LogP contribution in [0.25, 0.3) is 0 Å². The lowest BCUT2D eigenvalue weighted by Gasteiger charge is -2.31. The second kappa shape index (κ2) is 8.61. The highest BCUT2D eigenvalue weighted by Crippen LogP contribution is 2.51. The highest BCUT2D eigenvalue weighted by atomic mass is 32.2. The van der Waals surface area contributed by atoms with E-state index in [0.717, 1.165) is 34.9 Å². The van der Waals surface area contributed by atoms with Crippen LogP contribution in [-0.4, -0.2) is 31.3 Å². The summed E-state index contributed by atoms with van der Waals surface area (Å²) < 4.78 is 50.3. The average Bonchev–Trinajstić information content (AvgIpc) is 3.06. The van der Waals surface area contributed by atoms with Gasteiger partial charge in [-0.1, -0.05) is 23.9 Å². The van der Waals surface area contributed by atoms with E-state index in [1.807, 2.05) is 6.07 Å². The van der Waals surface area contributed by atoms with Gasteiger partial charge in [-0.05, 0) is 35.9 Å². The Labute approximate surface area is 196 Å². The van der Waals surface area contributed by atoms with Crippen molar-refractivity contribution in [3.63, 3.8) is 0 Å². The fraction of sp³-hybridized carbons (Fsp3) is 0.261. The van der Waals surface area contributed by atoms with Gasteiger partial charge in [-0.25, -0.2) is 4.90 Å². The minimum atomic E-state index is -4.65. The van der Waals surface area contributed by atoms with Crippen LogP contribution in [0.3, 0.4) is 0 Å². The predicted molar refractivity (Wildman–Crippen MR) is 118 cm³/mol. The van der Waals surface area contributed by atoms with Crippen molar-refractivity contribution in [2.24, 2.45) is 11.7 Å². The van der Waals surface area contributed by atoms with E-state index in [2.05, 4.69) is 0 Å². The Kier molecular flexibility index (Phi) is 5.95. The zero-order chi connectivity index (χ0) is 24.8. The van der Waals surface area contributed by atoms with Gasteiger partial charge in [0.25, 0.3) is 0 Å². The molecule has 0 aliphatic carbocycles. The molecule has 0 saturated carbocycles. The highest BCUT2D eigenvalue weighted by molar-refractivity contribution is 8.04. The van der Waals surface area contributed by atoms with Gasteiger partial charge in [0.1, 0.15) is 5.25 Å². The number of anilines is 1. The van der Waals surface area contributed by atoms with Crippen LogP contribution in [0.2, 0.25) is 0 Å². The van der Waals surface area contributed by atoms with Crippen molar-refractivity contribution in [3.05, 3.63) is 64.2 Å². The molecule has 2 N–H and O–H groups in total. The number of methoxy groups -OCH3 is 2. The molecule has 11 heteroatoms. The van der Waals surface area contributed by atoms with Gasteiger partial charge in [0.05, 0.1) is 48.1 Å². The highest BCUT2D eigenvalue weighted by Gasteiger charge is 2.56. The van der Waals surface area contributed by atoms with Gasteiger partial charge in [0.2, 0.25) is 11.8 Å². The van der Waals surface area contributed by atoms with E-state index in [0.29, 0.717) is 17.1 Å². The number of hydrogen-bond donors (Lipinski definition) is 1. The van der Waals surface area contributed by atoms with Gasteiger partial charge in [-0.3, -0.25) is 9.59 Å². The summed E-state index contributed by atoms with van der Waals surface area (Å²) in [7, 11) is 2.88. The van der Waals surface area contributed by atoms with Crippen molar-refractivity contribution in [2.75, 3.05) is 19.1 Å². The Balaban J connectivity index is 1.83. The van der Waals surface area contributed by atoms with E-state index in [-0.39, 0.29) is 16.3 Å². The number of carbonyl (C=O) groups excluding carboxylic acids is 2. The first-order valence-corrected chi connectivity index (χ1v) is 10.8. The number of alkyl halides is 3. The third kappa shape index (κ3) is 3.74. The number of fused-ring (bicyclic) bond motifs is 1. The van der Waals surface area contributed by atoms with E-state index in [1.165, 1.54) is 20.3 Å². The number of nitriles is 1. The lowest BCUT2D eigenvalue weighted by atomic mass is 9.79. The number of nitrogens with two attached hydrogens (primary N) is 1. The molecule has 176 valence electrons. The Morgan fingerprint density at radius 1 is 1.06 bits per heavy atom. The van der Waals surface area contributed by atoms with Gasteiger partial charge in [0, 0.05) is 5.92 Å². The van der Waals surface area contributed by atoms with Crippen LogP contribution >= 0.6 is 11.8 Å². The Hall–Kier alpha value is -3.65. The quantitative estimate of drug-likeness (QED) is 0.651. The van der Waals surface area contributed by atoms with Crippen LogP contribution in [-0.2, 0) is 15.8 Å². The number of carbonyl (C=O) groups is 2. The first-order chi connectivity index (χ1) is 16.1. The van der Waals surface area contributed by atoms with Crippen molar-refractivity contribution in [1.29, 1.82) is 5.26 Å². The van der Waals surface area contributed by atoms with E-state index < -0.39 is 40.6 Å². The summed E-state index contributed by atoms with van der Waals surface area (Å²) in [4.78, 5) is 27.5. The molecule has 1 fully saturated rings. The molecule has 34 heavy (non-hydrogen) atoms. The van der Waals surface area contributed by atoms with Crippen LogP contribution in [0.4, 0.5) is 18.9 Å². The molecule has 0 spiro atoms. The summed E-state index contributed by atoms with van der Waals surface area (Å²) in [5, 5.41) is 8.89. The summed E-state index contributed by atoms with van der Waals surface area (Å²) in [6, 6.07) is 10.9. The van der Waals surface area contributed by atoms with Crippen molar-refractivity contribution in [3.8, 4) is 17.6 Å². The number of allylic oxidation sites excluding steroid dienone is 1.